The van der Waals surface area contributed by atoms with E-state index in [0.717, 1.165) is 27.9 Å². The Balaban J connectivity index is 0.000000168. The maximum absolute atomic E-state index is 12.6. The first-order valence-corrected chi connectivity index (χ1v) is 11.7. The fourth-order valence-electron chi connectivity index (χ4n) is 4.22. The number of amides is 1. The van der Waals surface area contributed by atoms with Gasteiger partial charge in [-0.1, -0.05) is 103 Å². The van der Waals surface area contributed by atoms with Gasteiger partial charge in [-0.2, -0.15) is 0 Å². The molecule has 4 nitrogen and oxygen atoms in total. The van der Waals surface area contributed by atoms with Crippen molar-refractivity contribution in [2.75, 3.05) is 16.4 Å². The lowest BCUT2D eigenvalue weighted by molar-refractivity contribution is -0.122. The van der Waals surface area contributed by atoms with Crippen LogP contribution in [0.3, 0.4) is 0 Å². The topological polar surface area (TPSA) is 72.3 Å². The first kappa shape index (κ1) is 23.8. The summed E-state index contributed by atoms with van der Waals surface area (Å²) in [5, 5.41) is 0. The van der Waals surface area contributed by atoms with Gasteiger partial charge in [0.1, 0.15) is 0 Å². The van der Waals surface area contributed by atoms with Crippen LogP contribution >= 0.6 is 0 Å². The van der Waals surface area contributed by atoms with Crippen LogP contribution in [0, 0.1) is 0 Å². The molecule has 4 aromatic rings. The summed E-state index contributed by atoms with van der Waals surface area (Å²) >= 11 is 0. The molecule has 1 heterocycles. The Morgan fingerprint density at radius 1 is 0.743 bits per heavy atom. The number of benzene rings is 4. The summed E-state index contributed by atoms with van der Waals surface area (Å²) in [4.78, 5) is 14.5. The average molecular weight is 462 g/mol. The number of rotatable bonds is 4. The molecule has 0 atom stereocenters. The Bertz CT molecular complexity index is 1330. The van der Waals surface area contributed by atoms with E-state index >= 15 is 0 Å². The second-order valence-electron chi connectivity index (χ2n) is 9.11. The summed E-state index contributed by atoms with van der Waals surface area (Å²) in [6.45, 7) is 4.64. The second-order valence-corrected chi connectivity index (χ2v) is 9.11. The third-order valence-corrected chi connectivity index (χ3v) is 6.26. The van der Waals surface area contributed by atoms with Crippen LogP contribution in [0.5, 0.6) is 0 Å². The van der Waals surface area contributed by atoms with E-state index in [2.05, 4.69) is 18.2 Å². The van der Waals surface area contributed by atoms with Crippen LogP contribution in [-0.4, -0.2) is 5.91 Å². The van der Waals surface area contributed by atoms with E-state index in [-0.39, 0.29) is 5.91 Å². The number of hydrogen-bond donors (Lipinski definition) is 2. The van der Waals surface area contributed by atoms with Gasteiger partial charge in [0, 0.05) is 5.69 Å². The molecule has 0 unspecified atom stereocenters. The van der Waals surface area contributed by atoms with Gasteiger partial charge in [0.05, 0.1) is 23.3 Å². The van der Waals surface area contributed by atoms with Crippen LogP contribution in [0.2, 0.25) is 0 Å². The zero-order chi connectivity index (χ0) is 24.8. The number of carbonyl (C=O) groups is 1. The predicted molar refractivity (Wildman–Crippen MR) is 148 cm³/mol. The molecule has 1 aliphatic heterocycles. The number of fused-ring (bicyclic) bond motifs is 1. The van der Waals surface area contributed by atoms with Gasteiger partial charge >= 0.3 is 0 Å². The fraction of sp³-hybridized carbons (Fsp3) is 0.129. The van der Waals surface area contributed by atoms with Crippen molar-refractivity contribution < 1.29 is 4.79 Å². The molecule has 0 saturated heterocycles. The molecule has 4 aromatic carbocycles. The number of nitrogen functional groups attached to an aromatic ring is 2. The molecule has 5 rings (SSSR count). The highest BCUT2D eigenvalue weighted by Crippen LogP contribution is 2.41. The summed E-state index contributed by atoms with van der Waals surface area (Å²) in [5.41, 5.74) is 17.8. The highest BCUT2D eigenvalue weighted by Gasteiger charge is 2.43. The number of nitrogens with two attached hydrogens (primary N) is 2. The largest absolute Gasteiger partial charge is 0.397 e. The molecule has 176 valence electrons. The Kier molecular flexibility index (Phi) is 7.02. The standard InChI is InChI=1S/C17H17NO.C14H14N2/c1-17(2)14-10-6-7-11-15(14)18(16(17)19)12-13-8-4-3-5-9-13;15-13-8-4-7-12(14(13)16)10-9-11-5-2-1-3-6-11/h3-11H,12H2,1-2H3;1-10H,15-16H2. The number of anilines is 3. The zero-order valence-electron chi connectivity index (χ0n) is 20.2. The smallest absolute Gasteiger partial charge is 0.237 e. The van der Waals surface area contributed by atoms with E-state index in [9.17, 15) is 4.79 Å². The molecule has 0 radical (unpaired) electrons. The molecule has 1 aliphatic rings. The number of para-hydroxylation sites is 2. The van der Waals surface area contributed by atoms with Gasteiger partial charge in [0.2, 0.25) is 5.91 Å². The summed E-state index contributed by atoms with van der Waals surface area (Å²) in [6, 6.07) is 33.9. The number of hydrogen-bond acceptors (Lipinski definition) is 3. The lowest BCUT2D eigenvalue weighted by atomic mass is 9.86. The van der Waals surface area contributed by atoms with Crippen molar-refractivity contribution in [1.29, 1.82) is 0 Å². The maximum atomic E-state index is 12.6. The van der Waals surface area contributed by atoms with Gasteiger partial charge in [-0.25, -0.2) is 0 Å². The minimum Gasteiger partial charge on any atom is -0.397 e. The van der Waals surface area contributed by atoms with Crippen LogP contribution in [0.15, 0.2) is 103 Å². The summed E-state index contributed by atoms with van der Waals surface area (Å²) < 4.78 is 0. The van der Waals surface area contributed by atoms with Gasteiger partial charge in [0.25, 0.3) is 0 Å². The van der Waals surface area contributed by atoms with Crippen LogP contribution in [0.4, 0.5) is 17.1 Å². The molecule has 0 saturated carbocycles. The van der Waals surface area contributed by atoms with E-state index in [1.807, 2.05) is 110 Å². The number of carbonyl (C=O) groups excluding carboxylic acids is 1. The Morgan fingerprint density at radius 2 is 1.37 bits per heavy atom. The predicted octanol–water partition coefficient (Wildman–Crippen LogP) is 6.53. The first-order chi connectivity index (χ1) is 16.9. The molecule has 0 aromatic heterocycles. The molecule has 35 heavy (non-hydrogen) atoms. The highest BCUT2D eigenvalue weighted by atomic mass is 16.2. The van der Waals surface area contributed by atoms with Crippen molar-refractivity contribution >= 4 is 35.1 Å². The van der Waals surface area contributed by atoms with Crippen molar-refractivity contribution in [3.63, 3.8) is 0 Å². The van der Waals surface area contributed by atoms with E-state index in [1.54, 1.807) is 6.07 Å². The van der Waals surface area contributed by atoms with Crippen molar-refractivity contribution in [3.05, 3.63) is 125 Å². The molecule has 1 amide bonds. The maximum Gasteiger partial charge on any atom is 0.237 e. The SMILES string of the molecule is CC1(C)C(=O)N(Cc2ccccc2)c2ccccc21.Nc1cccc(C=Cc2ccccc2)c1N. The molecule has 0 spiro atoms. The Hall–Kier alpha value is -4.31. The number of nitrogens with zero attached hydrogens (tertiary/aromatic N) is 1. The molecular weight excluding hydrogens is 430 g/mol. The van der Waals surface area contributed by atoms with Crippen molar-refractivity contribution in [1.82, 2.24) is 0 Å². The van der Waals surface area contributed by atoms with Gasteiger partial charge in [-0.05, 0) is 48.2 Å². The van der Waals surface area contributed by atoms with E-state index in [0.29, 0.717) is 17.9 Å². The van der Waals surface area contributed by atoms with Crippen LogP contribution in [0.1, 0.15) is 36.1 Å². The van der Waals surface area contributed by atoms with E-state index < -0.39 is 5.41 Å². The highest BCUT2D eigenvalue weighted by molar-refractivity contribution is 6.07. The molecule has 0 aliphatic carbocycles. The van der Waals surface area contributed by atoms with Crippen LogP contribution < -0.4 is 16.4 Å². The second kappa shape index (κ2) is 10.3. The molecule has 4 heteroatoms. The summed E-state index contributed by atoms with van der Waals surface area (Å²) in [5.74, 6) is 0.178. The van der Waals surface area contributed by atoms with Gasteiger partial charge in [0.15, 0.2) is 0 Å². The third-order valence-electron chi connectivity index (χ3n) is 6.26. The first-order valence-electron chi connectivity index (χ1n) is 11.7. The Morgan fingerprint density at radius 3 is 2.09 bits per heavy atom. The van der Waals surface area contributed by atoms with Gasteiger partial charge < -0.3 is 16.4 Å². The van der Waals surface area contributed by atoms with Crippen LogP contribution in [-0.2, 0) is 16.8 Å². The van der Waals surface area contributed by atoms with Gasteiger partial charge in [-0.15, -0.1) is 0 Å². The van der Waals surface area contributed by atoms with Crippen molar-refractivity contribution in [2.24, 2.45) is 0 Å². The minimum atomic E-state index is -0.425. The van der Waals surface area contributed by atoms with E-state index in [1.165, 1.54) is 0 Å². The minimum absolute atomic E-state index is 0.178. The monoisotopic (exact) mass is 461 g/mol. The quantitative estimate of drug-likeness (QED) is 0.268. The van der Waals surface area contributed by atoms with Crippen molar-refractivity contribution in [2.45, 2.75) is 25.8 Å². The summed E-state index contributed by atoms with van der Waals surface area (Å²) in [6.07, 6.45) is 3.99. The van der Waals surface area contributed by atoms with E-state index in [4.69, 9.17) is 11.5 Å². The third kappa shape index (κ3) is 5.28. The normalized spacial score (nSPS) is 13.9. The Labute approximate surface area is 207 Å². The molecular formula is C31H31N3O. The van der Waals surface area contributed by atoms with Gasteiger partial charge in [-0.3, -0.25) is 4.79 Å². The fourth-order valence-corrected chi connectivity index (χ4v) is 4.22. The average Bonchev–Trinajstić information content (AvgIpc) is 3.07. The van der Waals surface area contributed by atoms with Crippen LogP contribution in [0.25, 0.3) is 12.2 Å². The zero-order valence-corrected chi connectivity index (χ0v) is 20.2. The lowest BCUT2D eigenvalue weighted by Crippen LogP contribution is -2.35. The lowest BCUT2D eigenvalue weighted by Gasteiger charge is -2.20. The molecule has 4 N–H and O–H groups in total. The molecule has 0 fully saturated rings. The molecule has 0 bridgehead atoms. The van der Waals surface area contributed by atoms with Crippen molar-refractivity contribution in [3.8, 4) is 0 Å². The summed E-state index contributed by atoms with van der Waals surface area (Å²) in [7, 11) is 0.